The van der Waals surface area contributed by atoms with Crippen molar-refractivity contribution in [1.82, 2.24) is 0 Å². The number of likely N-dealkylation sites (N-methyl/N-ethyl adjacent to an activating group) is 1. The number of nitrogens with zero attached hydrogens (tertiary/aromatic N) is 2. The predicted octanol–water partition coefficient (Wildman–Crippen LogP) is 7.67. The maximum Gasteiger partial charge on any atom is 0.335 e. The van der Waals surface area contributed by atoms with E-state index in [-0.39, 0.29) is 22.5 Å². The molecule has 0 aromatic heterocycles. The smallest absolute Gasteiger partial charge is 0.335 e. The van der Waals surface area contributed by atoms with E-state index < -0.39 is 11.4 Å². The van der Waals surface area contributed by atoms with Crippen LogP contribution in [0.5, 0.6) is 0 Å². The fourth-order valence-corrected chi connectivity index (χ4v) is 7.17. The number of carboxylic acids is 1. The summed E-state index contributed by atoms with van der Waals surface area (Å²) in [5.41, 5.74) is 7.55. The van der Waals surface area contributed by atoms with Gasteiger partial charge in [-0.15, -0.1) is 0 Å². The molecule has 42 heavy (non-hydrogen) atoms. The average Bonchev–Trinajstić information content (AvgIpc) is 3.30. The second kappa shape index (κ2) is 10.7. The van der Waals surface area contributed by atoms with Gasteiger partial charge in [-0.1, -0.05) is 57.2 Å². The van der Waals surface area contributed by atoms with Crippen LogP contribution in [-0.2, 0) is 15.6 Å². The fraction of sp³-hybridized carbons (Fsp3) is 0.417. The minimum absolute atomic E-state index is 0.0202. The lowest BCUT2D eigenvalue weighted by Crippen LogP contribution is -2.33. The molecule has 2 aliphatic heterocycles. The van der Waals surface area contributed by atoms with Crippen molar-refractivity contribution in [3.8, 4) is 0 Å². The van der Waals surface area contributed by atoms with Crippen LogP contribution in [0.3, 0.4) is 0 Å². The first-order valence-electron chi connectivity index (χ1n) is 15.1. The summed E-state index contributed by atoms with van der Waals surface area (Å²) in [6.45, 7) is 10.6. The van der Waals surface area contributed by atoms with Crippen LogP contribution >= 0.6 is 0 Å². The van der Waals surface area contributed by atoms with Crippen molar-refractivity contribution in [2.75, 3.05) is 19.0 Å². The van der Waals surface area contributed by atoms with Crippen molar-refractivity contribution in [2.45, 2.75) is 84.0 Å². The third kappa shape index (κ3) is 4.43. The molecular formula is C36H43N2O4+. The first-order valence-corrected chi connectivity index (χ1v) is 15.1. The molecule has 5 rings (SSSR count). The normalized spacial score (nSPS) is 20.5. The molecule has 6 heteroatoms. The van der Waals surface area contributed by atoms with Crippen molar-refractivity contribution < 1.29 is 24.4 Å². The number of unbranched alkanes of at least 4 members (excludes halogenated alkanes) is 2. The third-order valence-electron chi connectivity index (χ3n) is 9.64. The van der Waals surface area contributed by atoms with E-state index in [9.17, 15) is 19.8 Å². The van der Waals surface area contributed by atoms with Gasteiger partial charge in [0.15, 0.2) is 5.71 Å². The van der Waals surface area contributed by atoms with Crippen LogP contribution in [0.1, 0.15) is 93.3 Å². The number of allylic oxidation sites excluding steroid dienone is 5. The van der Waals surface area contributed by atoms with Crippen LogP contribution in [0.25, 0.3) is 0 Å². The van der Waals surface area contributed by atoms with Gasteiger partial charge < -0.3 is 15.1 Å². The number of fused-ring (bicyclic) bond motifs is 2. The molecule has 220 valence electrons. The van der Waals surface area contributed by atoms with Gasteiger partial charge in [-0.05, 0) is 63.5 Å². The van der Waals surface area contributed by atoms with Gasteiger partial charge in [0.25, 0.3) is 0 Å². The summed E-state index contributed by atoms with van der Waals surface area (Å²) in [6.07, 6.45) is 10.0. The number of carbonyl (C=O) groups excluding carboxylic acids is 1. The van der Waals surface area contributed by atoms with Crippen LogP contribution in [0.15, 0.2) is 71.2 Å². The maximum atomic E-state index is 13.7. The Morgan fingerprint density at radius 1 is 1.00 bits per heavy atom. The Bertz CT molecular complexity index is 1610. The Balaban J connectivity index is 1.58. The van der Waals surface area contributed by atoms with E-state index in [2.05, 4.69) is 50.9 Å². The van der Waals surface area contributed by atoms with E-state index in [4.69, 9.17) is 0 Å². The number of benzene rings is 2. The van der Waals surface area contributed by atoms with Crippen LogP contribution in [0.4, 0.5) is 11.4 Å². The molecule has 0 atom stereocenters. The van der Waals surface area contributed by atoms with Gasteiger partial charge in [0.2, 0.25) is 11.5 Å². The highest BCUT2D eigenvalue weighted by molar-refractivity contribution is 6.24. The van der Waals surface area contributed by atoms with E-state index in [1.807, 2.05) is 37.6 Å². The average molecular weight is 568 g/mol. The first kappa shape index (κ1) is 29.6. The van der Waals surface area contributed by atoms with Gasteiger partial charge in [-0.2, -0.15) is 4.58 Å². The summed E-state index contributed by atoms with van der Waals surface area (Å²) in [5, 5.41) is 20.9. The molecule has 0 spiro atoms. The molecule has 0 radical (unpaired) electrons. The molecule has 0 saturated carbocycles. The van der Waals surface area contributed by atoms with Gasteiger partial charge in [0.05, 0.1) is 22.1 Å². The summed E-state index contributed by atoms with van der Waals surface area (Å²) in [4.78, 5) is 27.5. The molecule has 0 fully saturated rings. The zero-order valence-electron chi connectivity index (χ0n) is 26.0. The lowest BCUT2D eigenvalue weighted by Gasteiger charge is -2.34. The Kier molecular flexibility index (Phi) is 7.55. The van der Waals surface area contributed by atoms with E-state index in [0.717, 1.165) is 61.2 Å². The number of anilines is 1. The fourth-order valence-electron chi connectivity index (χ4n) is 7.17. The quantitative estimate of drug-likeness (QED) is 0.240. The number of aryl methyl sites for hydroxylation is 1. The standard InChI is InChI=1S/C36H42N2O4/c1-8-10-16-36(17-11-9-2)27-18-22(3)12-14-29(27)38(7)31(36)21-25-32(39)24(33(25)40)20-30-35(4,5)26-19-23(34(41)42)13-15-28(26)37(30)6/h12-15,18-21H,8-11,16-17H2,1-7H3,(H-,39,40,41,42)/p+1. The molecule has 2 aromatic rings. The highest BCUT2D eigenvalue weighted by Crippen LogP contribution is 2.54. The van der Waals surface area contributed by atoms with Gasteiger partial charge in [-0.25, -0.2) is 4.79 Å². The molecule has 3 aliphatic rings. The van der Waals surface area contributed by atoms with Gasteiger partial charge >= 0.3 is 5.97 Å². The second-order valence-corrected chi connectivity index (χ2v) is 12.7. The lowest BCUT2D eigenvalue weighted by molar-refractivity contribution is -0.401. The first-order chi connectivity index (χ1) is 19.9. The number of aliphatic hydroxyl groups excluding tert-OH is 1. The molecule has 0 saturated heterocycles. The molecule has 0 amide bonds. The van der Waals surface area contributed by atoms with E-state index in [1.54, 1.807) is 18.2 Å². The molecule has 0 unspecified atom stereocenters. The molecule has 2 aromatic carbocycles. The van der Waals surface area contributed by atoms with Crippen LogP contribution in [0, 0.1) is 6.92 Å². The van der Waals surface area contributed by atoms with E-state index >= 15 is 0 Å². The van der Waals surface area contributed by atoms with Gasteiger partial charge in [-0.3, -0.25) is 4.79 Å². The van der Waals surface area contributed by atoms with E-state index in [1.165, 1.54) is 16.8 Å². The third-order valence-corrected chi connectivity index (χ3v) is 9.64. The predicted molar refractivity (Wildman–Crippen MR) is 168 cm³/mol. The SMILES string of the molecule is CCCCC1(CCCC)C(=CC2=C(O)C(=CC3=[N+](C)c4ccc(C(=O)O)cc4C3(C)C)C2=O)N(C)c2ccc(C)cc21. The number of carbonyl (C=O) groups is 2. The van der Waals surface area contributed by atoms with E-state index in [0.29, 0.717) is 11.1 Å². The Labute approximate surface area is 249 Å². The van der Waals surface area contributed by atoms with Crippen molar-refractivity contribution in [3.05, 3.63) is 93.4 Å². The molecule has 1 aliphatic carbocycles. The Morgan fingerprint density at radius 2 is 1.67 bits per heavy atom. The zero-order chi connectivity index (χ0) is 30.6. The lowest BCUT2D eigenvalue weighted by atomic mass is 9.70. The minimum Gasteiger partial charge on any atom is -0.506 e. The summed E-state index contributed by atoms with van der Waals surface area (Å²) < 4.78 is 1.98. The maximum absolute atomic E-state index is 13.7. The van der Waals surface area contributed by atoms with Gasteiger partial charge in [0, 0.05) is 41.6 Å². The largest absolute Gasteiger partial charge is 0.506 e. The van der Waals surface area contributed by atoms with Gasteiger partial charge in [0.1, 0.15) is 12.8 Å². The van der Waals surface area contributed by atoms with Crippen molar-refractivity contribution in [3.63, 3.8) is 0 Å². The minimum atomic E-state index is -0.973. The number of aromatic carboxylic acids is 1. The molecule has 6 nitrogen and oxygen atoms in total. The highest BCUT2D eigenvalue weighted by atomic mass is 16.4. The summed E-state index contributed by atoms with van der Waals surface area (Å²) in [5.74, 6) is -1.12. The molecule has 2 N–H and O–H groups in total. The number of ketones is 1. The topological polar surface area (TPSA) is 80.9 Å². The number of aliphatic hydroxyl groups is 1. The number of carboxylic acid groups (broad SMARTS) is 1. The van der Waals surface area contributed by atoms with Crippen molar-refractivity contribution >= 4 is 28.8 Å². The van der Waals surface area contributed by atoms with Crippen molar-refractivity contribution in [1.29, 1.82) is 0 Å². The molecule has 2 heterocycles. The monoisotopic (exact) mass is 567 g/mol. The second-order valence-electron chi connectivity index (χ2n) is 12.7. The number of hydrogen-bond donors (Lipinski definition) is 2. The summed E-state index contributed by atoms with van der Waals surface area (Å²) >= 11 is 0. The number of hydrogen-bond acceptors (Lipinski definition) is 4. The summed E-state index contributed by atoms with van der Waals surface area (Å²) in [6, 6.07) is 11.7. The van der Waals surface area contributed by atoms with Crippen LogP contribution in [0.2, 0.25) is 0 Å². The molecule has 0 bridgehead atoms. The molecular weight excluding hydrogens is 524 g/mol. The highest BCUT2D eigenvalue weighted by Gasteiger charge is 2.48. The number of Topliss-reactive ketones (excluding diaryl/α,β-unsaturated/α-hetero) is 1. The summed E-state index contributed by atoms with van der Waals surface area (Å²) in [7, 11) is 3.99. The Hall–Kier alpha value is -3.93. The van der Waals surface area contributed by atoms with Crippen LogP contribution in [-0.4, -0.2) is 46.3 Å². The van der Waals surface area contributed by atoms with Crippen LogP contribution < -0.4 is 4.90 Å². The Morgan fingerprint density at radius 3 is 2.26 bits per heavy atom. The van der Waals surface area contributed by atoms with Crippen molar-refractivity contribution in [2.24, 2.45) is 0 Å². The number of rotatable bonds is 9. The zero-order valence-corrected chi connectivity index (χ0v) is 26.0.